The van der Waals surface area contributed by atoms with Crippen molar-refractivity contribution in [3.8, 4) is 0 Å². The van der Waals surface area contributed by atoms with Gasteiger partial charge in [0.2, 0.25) is 5.82 Å². The van der Waals surface area contributed by atoms with E-state index in [1.54, 1.807) is 0 Å². The molecule has 1 aromatic heterocycles. The molecule has 0 amide bonds. The summed E-state index contributed by atoms with van der Waals surface area (Å²) in [5, 5.41) is 6.84. The lowest BCUT2D eigenvalue weighted by molar-refractivity contribution is 0.0579. The minimum absolute atomic E-state index is 0.234. The average Bonchev–Trinajstić information content (AvgIpc) is 2.61. The largest absolute Gasteiger partial charge is 0.463 e. The summed E-state index contributed by atoms with van der Waals surface area (Å²) in [6.45, 7) is 1.33. The summed E-state index contributed by atoms with van der Waals surface area (Å²) in [6, 6.07) is 0. The van der Waals surface area contributed by atoms with Crippen LogP contribution in [-0.4, -0.2) is 41.4 Å². The van der Waals surface area contributed by atoms with E-state index >= 15 is 0 Å². The van der Waals surface area contributed by atoms with Crippen LogP contribution in [0.5, 0.6) is 0 Å². The Bertz CT molecular complexity index is 284. The molecular formula is C7H12N4O2. The van der Waals surface area contributed by atoms with Crippen LogP contribution in [0.25, 0.3) is 0 Å². The van der Waals surface area contributed by atoms with Crippen molar-refractivity contribution in [3.05, 3.63) is 12.2 Å². The molecule has 0 aliphatic heterocycles. The molecule has 1 aromatic rings. The molecule has 0 aliphatic carbocycles. The van der Waals surface area contributed by atoms with Crippen LogP contribution >= 0.6 is 0 Å². The van der Waals surface area contributed by atoms with Crippen molar-refractivity contribution < 1.29 is 9.53 Å². The third kappa shape index (κ3) is 2.25. The van der Waals surface area contributed by atoms with Gasteiger partial charge in [0.05, 0.1) is 13.7 Å². The Labute approximate surface area is 75.9 Å². The lowest BCUT2D eigenvalue weighted by atomic mass is 10.5. The molecule has 1 rings (SSSR count). The Kier molecular flexibility index (Phi) is 3.39. The molecule has 0 atom stereocenters. The normalized spacial score (nSPS) is 10.0. The van der Waals surface area contributed by atoms with E-state index in [-0.39, 0.29) is 5.82 Å². The van der Waals surface area contributed by atoms with Gasteiger partial charge in [0.15, 0.2) is 0 Å². The number of rotatable bonds is 4. The van der Waals surface area contributed by atoms with Gasteiger partial charge in [0.25, 0.3) is 0 Å². The second kappa shape index (κ2) is 4.56. The van der Waals surface area contributed by atoms with E-state index in [9.17, 15) is 4.79 Å². The van der Waals surface area contributed by atoms with Crippen molar-refractivity contribution in [3.63, 3.8) is 0 Å². The summed E-state index contributed by atoms with van der Waals surface area (Å²) in [4.78, 5) is 14.9. The lowest BCUT2D eigenvalue weighted by Crippen LogP contribution is -2.20. The predicted molar refractivity (Wildman–Crippen MR) is 45.3 cm³/mol. The van der Waals surface area contributed by atoms with Crippen molar-refractivity contribution in [1.82, 2.24) is 20.1 Å². The number of carbonyl (C=O) groups excluding carboxylic acids is 1. The van der Waals surface area contributed by atoms with E-state index in [0.29, 0.717) is 6.54 Å². The van der Waals surface area contributed by atoms with Crippen molar-refractivity contribution in [2.45, 2.75) is 6.54 Å². The molecule has 0 saturated carbocycles. The smallest absolute Gasteiger partial charge is 0.375 e. The maximum atomic E-state index is 11.1. The highest BCUT2D eigenvalue weighted by atomic mass is 16.5. The van der Waals surface area contributed by atoms with Crippen molar-refractivity contribution in [2.24, 2.45) is 0 Å². The third-order valence-electron chi connectivity index (χ3n) is 1.56. The maximum absolute atomic E-state index is 11.1. The fourth-order valence-electron chi connectivity index (χ4n) is 0.895. The van der Waals surface area contributed by atoms with Crippen LogP contribution in [0.4, 0.5) is 0 Å². The number of nitrogens with zero attached hydrogens (tertiary/aromatic N) is 3. The minimum Gasteiger partial charge on any atom is -0.463 e. The summed E-state index contributed by atoms with van der Waals surface area (Å²) in [5.74, 6) is -0.230. The maximum Gasteiger partial charge on any atom is 0.375 e. The van der Waals surface area contributed by atoms with E-state index in [1.807, 2.05) is 7.05 Å². The van der Waals surface area contributed by atoms with Gasteiger partial charge in [-0.05, 0) is 7.05 Å². The Morgan fingerprint density at radius 2 is 2.54 bits per heavy atom. The van der Waals surface area contributed by atoms with E-state index in [4.69, 9.17) is 0 Å². The SMILES string of the molecule is CNCCn1ncnc1C(=O)OC. The van der Waals surface area contributed by atoms with Gasteiger partial charge in [-0.2, -0.15) is 5.10 Å². The van der Waals surface area contributed by atoms with Crippen LogP contribution < -0.4 is 5.32 Å². The van der Waals surface area contributed by atoms with Gasteiger partial charge in [-0.3, -0.25) is 0 Å². The van der Waals surface area contributed by atoms with Crippen molar-refractivity contribution >= 4 is 5.97 Å². The number of hydrogen-bond acceptors (Lipinski definition) is 5. The summed E-state index contributed by atoms with van der Waals surface area (Å²) in [6.07, 6.45) is 1.34. The van der Waals surface area contributed by atoms with Gasteiger partial charge in [0, 0.05) is 6.54 Å². The van der Waals surface area contributed by atoms with Gasteiger partial charge in [-0.15, -0.1) is 0 Å². The van der Waals surface area contributed by atoms with Crippen molar-refractivity contribution in [1.29, 1.82) is 0 Å². The molecule has 0 saturated heterocycles. The van der Waals surface area contributed by atoms with Crippen LogP contribution in [0.15, 0.2) is 6.33 Å². The number of methoxy groups -OCH3 is 1. The second-order valence-corrected chi connectivity index (χ2v) is 2.40. The summed E-state index contributed by atoms with van der Waals surface area (Å²) < 4.78 is 6.03. The Balaban J connectivity index is 2.71. The van der Waals surface area contributed by atoms with Crippen LogP contribution in [0.2, 0.25) is 0 Å². The number of likely N-dealkylation sites (N-methyl/N-ethyl adjacent to an activating group) is 1. The first-order valence-corrected chi connectivity index (χ1v) is 3.90. The molecule has 6 heteroatoms. The van der Waals surface area contributed by atoms with Gasteiger partial charge in [0.1, 0.15) is 6.33 Å². The Morgan fingerprint density at radius 3 is 3.15 bits per heavy atom. The highest BCUT2D eigenvalue weighted by Gasteiger charge is 2.12. The number of esters is 1. The fourth-order valence-corrected chi connectivity index (χ4v) is 0.895. The summed E-state index contributed by atoms with van der Waals surface area (Å²) in [5.41, 5.74) is 0. The summed E-state index contributed by atoms with van der Waals surface area (Å²) in [7, 11) is 3.15. The molecule has 0 radical (unpaired) electrons. The van der Waals surface area contributed by atoms with Crippen LogP contribution in [0.3, 0.4) is 0 Å². The van der Waals surface area contributed by atoms with Gasteiger partial charge in [-0.25, -0.2) is 14.5 Å². The molecule has 1 N–H and O–H groups in total. The zero-order valence-corrected chi connectivity index (χ0v) is 7.65. The highest BCUT2D eigenvalue weighted by Crippen LogP contribution is 1.95. The second-order valence-electron chi connectivity index (χ2n) is 2.40. The summed E-state index contributed by atoms with van der Waals surface area (Å²) >= 11 is 0. The molecule has 72 valence electrons. The lowest BCUT2D eigenvalue weighted by Gasteiger charge is -2.02. The van der Waals surface area contributed by atoms with Gasteiger partial charge < -0.3 is 10.1 Å². The Morgan fingerprint density at radius 1 is 1.77 bits per heavy atom. The number of hydrogen-bond donors (Lipinski definition) is 1. The van der Waals surface area contributed by atoms with E-state index in [1.165, 1.54) is 18.1 Å². The minimum atomic E-state index is -0.464. The van der Waals surface area contributed by atoms with Gasteiger partial charge in [-0.1, -0.05) is 0 Å². The molecule has 6 nitrogen and oxygen atoms in total. The van der Waals surface area contributed by atoms with E-state index < -0.39 is 5.97 Å². The van der Waals surface area contributed by atoms with E-state index in [2.05, 4.69) is 20.1 Å². The van der Waals surface area contributed by atoms with Crippen LogP contribution in [0, 0.1) is 0 Å². The van der Waals surface area contributed by atoms with Crippen molar-refractivity contribution in [2.75, 3.05) is 20.7 Å². The third-order valence-corrected chi connectivity index (χ3v) is 1.56. The highest BCUT2D eigenvalue weighted by molar-refractivity contribution is 5.85. The zero-order chi connectivity index (χ0) is 9.68. The number of nitrogens with one attached hydrogen (secondary N) is 1. The standard InChI is InChI=1S/C7H12N4O2/c1-8-3-4-11-6(7(12)13-2)9-5-10-11/h5,8H,3-4H2,1-2H3. The molecule has 0 spiro atoms. The average molecular weight is 184 g/mol. The van der Waals surface area contributed by atoms with E-state index in [0.717, 1.165) is 6.54 Å². The number of aromatic nitrogens is 3. The first kappa shape index (κ1) is 9.66. The molecular weight excluding hydrogens is 172 g/mol. The first-order valence-electron chi connectivity index (χ1n) is 3.90. The quantitative estimate of drug-likeness (QED) is 0.626. The molecule has 0 fully saturated rings. The predicted octanol–water partition coefficient (Wildman–Crippen LogP) is -0.716. The monoisotopic (exact) mass is 184 g/mol. The fraction of sp³-hybridized carbons (Fsp3) is 0.571. The first-order chi connectivity index (χ1) is 6.29. The Hall–Kier alpha value is -1.43. The molecule has 0 aromatic carbocycles. The molecule has 13 heavy (non-hydrogen) atoms. The number of ether oxygens (including phenoxy) is 1. The molecule has 1 heterocycles. The number of carbonyl (C=O) groups is 1. The molecule has 0 bridgehead atoms. The van der Waals surface area contributed by atoms with Crippen LogP contribution in [0.1, 0.15) is 10.6 Å². The zero-order valence-electron chi connectivity index (χ0n) is 7.65. The topological polar surface area (TPSA) is 69.0 Å². The van der Waals surface area contributed by atoms with Gasteiger partial charge >= 0.3 is 5.97 Å². The molecule has 0 aliphatic rings. The molecule has 0 unspecified atom stereocenters. The van der Waals surface area contributed by atoms with Crippen LogP contribution in [-0.2, 0) is 11.3 Å².